The van der Waals surface area contributed by atoms with Crippen LogP contribution in [-0.2, 0) is 19.1 Å². The van der Waals surface area contributed by atoms with Crippen molar-refractivity contribution >= 4 is 69.8 Å². The molecule has 35 heavy (non-hydrogen) atoms. The molecule has 0 spiro atoms. The lowest BCUT2D eigenvalue weighted by atomic mass is 10.2. The van der Waals surface area contributed by atoms with Crippen LogP contribution in [0.5, 0.6) is 11.5 Å². The molecule has 0 radical (unpaired) electrons. The summed E-state index contributed by atoms with van der Waals surface area (Å²) in [7, 11) is 1.46. The van der Waals surface area contributed by atoms with Crippen molar-refractivity contribution in [3.63, 3.8) is 0 Å². The van der Waals surface area contributed by atoms with Crippen LogP contribution < -0.4 is 14.8 Å². The van der Waals surface area contributed by atoms with E-state index in [0.29, 0.717) is 28.8 Å². The summed E-state index contributed by atoms with van der Waals surface area (Å²) in [5.41, 5.74) is 0.838. The zero-order chi connectivity index (χ0) is 25.5. The highest BCUT2D eigenvalue weighted by atomic mass is 35.5. The average Bonchev–Trinajstić information content (AvgIpc) is 3.06. The maximum Gasteiger partial charge on any atom is 0.344 e. The quantitative estimate of drug-likeness (QED) is 0.363. The van der Waals surface area contributed by atoms with Crippen LogP contribution in [0.1, 0.15) is 12.5 Å². The molecule has 1 heterocycles. The molecule has 0 unspecified atom stereocenters. The number of halogens is 2. The number of hydrogen-bond acceptors (Lipinski definition) is 8. The molecule has 1 saturated heterocycles. The Labute approximate surface area is 215 Å². The van der Waals surface area contributed by atoms with Crippen LogP contribution in [0.25, 0.3) is 6.08 Å². The average molecular weight is 539 g/mol. The van der Waals surface area contributed by atoms with Crippen molar-refractivity contribution in [2.75, 3.05) is 32.2 Å². The second-order valence-electron chi connectivity index (χ2n) is 6.92. The normalized spacial score (nSPS) is 14.3. The molecule has 1 N–H and O–H groups in total. The van der Waals surface area contributed by atoms with Gasteiger partial charge in [0.05, 0.1) is 34.4 Å². The number of carbonyl (C=O) groups excluding carboxylic acids is 4. The van der Waals surface area contributed by atoms with Crippen molar-refractivity contribution < 1.29 is 33.4 Å². The summed E-state index contributed by atoms with van der Waals surface area (Å²) in [5.74, 6) is -1.25. The zero-order valence-electron chi connectivity index (χ0n) is 18.6. The summed E-state index contributed by atoms with van der Waals surface area (Å²) in [4.78, 5) is 50.0. The number of hydrogen-bond donors (Lipinski definition) is 1. The molecule has 2 aromatic rings. The Morgan fingerprint density at radius 3 is 2.49 bits per heavy atom. The summed E-state index contributed by atoms with van der Waals surface area (Å²) in [6, 6.07) is 9.70. The number of para-hydroxylation sites is 2. The lowest BCUT2D eigenvalue weighted by molar-refractivity contribution is -0.145. The molecule has 184 valence electrons. The number of methoxy groups -OCH3 is 1. The van der Waals surface area contributed by atoms with Gasteiger partial charge in [0.25, 0.3) is 11.1 Å². The topological polar surface area (TPSA) is 111 Å². The Morgan fingerprint density at radius 1 is 1.14 bits per heavy atom. The van der Waals surface area contributed by atoms with Gasteiger partial charge in [0.15, 0.2) is 12.4 Å². The van der Waals surface area contributed by atoms with Crippen molar-refractivity contribution in [2.45, 2.75) is 6.92 Å². The Morgan fingerprint density at radius 2 is 1.83 bits per heavy atom. The minimum atomic E-state index is -0.634. The van der Waals surface area contributed by atoms with Crippen molar-refractivity contribution in [3.05, 3.63) is 56.9 Å². The number of nitrogens with one attached hydrogen (secondary N) is 1. The highest BCUT2D eigenvalue weighted by Gasteiger charge is 2.36. The number of carbonyl (C=O) groups is 4. The highest BCUT2D eigenvalue weighted by molar-refractivity contribution is 8.18. The smallest absolute Gasteiger partial charge is 0.344 e. The van der Waals surface area contributed by atoms with Gasteiger partial charge in [-0.3, -0.25) is 19.3 Å². The van der Waals surface area contributed by atoms with Gasteiger partial charge in [0.2, 0.25) is 5.91 Å². The van der Waals surface area contributed by atoms with Crippen LogP contribution in [0, 0.1) is 0 Å². The molecule has 3 amide bonds. The van der Waals surface area contributed by atoms with Gasteiger partial charge < -0.3 is 19.5 Å². The number of rotatable bonds is 9. The lowest BCUT2D eigenvalue weighted by Crippen LogP contribution is -2.36. The molecule has 12 heteroatoms. The molecule has 1 aliphatic rings. The van der Waals surface area contributed by atoms with Crippen molar-refractivity contribution in [1.82, 2.24) is 4.90 Å². The number of nitrogens with zero attached hydrogens (tertiary/aromatic N) is 1. The van der Waals surface area contributed by atoms with E-state index in [0.717, 1.165) is 4.90 Å². The monoisotopic (exact) mass is 538 g/mol. The molecule has 0 bridgehead atoms. The molecule has 3 rings (SSSR count). The van der Waals surface area contributed by atoms with Gasteiger partial charge in [-0.15, -0.1) is 0 Å². The fourth-order valence-electron chi connectivity index (χ4n) is 3.00. The van der Waals surface area contributed by atoms with Gasteiger partial charge in [0.1, 0.15) is 12.3 Å². The van der Waals surface area contributed by atoms with Gasteiger partial charge >= 0.3 is 5.97 Å². The van der Waals surface area contributed by atoms with E-state index in [1.165, 1.54) is 25.3 Å². The Bertz CT molecular complexity index is 1180. The molecule has 1 aliphatic heterocycles. The first-order chi connectivity index (χ1) is 16.7. The third-order valence-corrected chi connectivity index (χ3v) is 5.98. The Balaban J connectivity index is 1.70. The van der Waals surface area contributed by atoms with Crippen molar-refractivity contribution in [3.8, 4) is 11.5 Å². The molecular formula is C23H20Cl2N2O7S. The number of ether oxygens (including phenoxy) is 3. The van der Waals surface area contributed by atoms with Gasteiger partial charge in [-0.2, -0.15) is 0 Å². The predicted molar refractivity (Wildman–Crippen MR) is 133 cm³/mol. The third-order valence-electron chi connectivity index (χ3n) is 4.51. The molecule has 1 fully saturated rings. The SMILES string of the molecule is CCOC(=O)COc1c(Cl)cc(/C=C2\SC(=O)N(CC(=O)Nc3ccccc3OC)C2=O)cc1Cl. The molecule has 0 saturated carbocycles. The number of esters is 1. The number of imide groups is 1. The molecule has 0 atom stereocenters. The van der Waals surface area contributed by atoms with E-state index < -0.39 is 29.6 Å². The van der Waals surface area contributed by atoms with Crippen LogP contribution in [-0.4, -0.2) is 54.8 Å². The Kier molecular flexibility index (Phi) is 9.02. The molecule has 9 nitrogen and oxygen atoms in total. The molecular weight excluding hydrogens is 519 g/mol. The van der Waals surface area contributed by atoms with Crippen LogP contribution in [0.15, 0.2) is 41.3 Å². The number of anilines is 1. The minimum Gasteiger partial charge on any atom is -0.495 e. The van der Waals surface area contributed by atoms with Crippen LogP contribution >= 0.6 is 35.0 Å². The summed E-state index contributed by atoms with van der Waals surface area (Å²) < 4.78 is 15.3. The van der Waals surface area contributed by atoms with Gasteiger partial charge in [-0.1, -0.05) is 35.3 Å². The second kappa shape index (κ2) is 12.0. The first-order valence-electron chi connectivity index (χ1n) is 10.2. The maximum absolute atomic E-state index is 12.8. The first kappa shape index (κ1) is 26.4. The van der Waals surface area contributed by atoms with E-state index in [1.807, 2.05) is 0 Å². The first-order valence-corrected chi connectivity index (χ1v) is 11.8. The van der Waals surface area contributed by atoms with Crippen molar-refractivity contribution in [1.29, 1.82) is 0 Å². The predicted octanol–water partition coefficient (Wildman–Crippen LogP) is 4.62. The fourth-order valence-corrected chi connectivity index (χ4v) is 4.45. The maximum atomic E-state index is 12.8. The second-order valence-corrected chi connectivity index (χ2v) is 8.73. The summed E-state index contributed by atoms with van der Waals surface area (Å²) in [6.45, 7) is 1.03. The molecule has 2 aromatic carbocycles. The molecule has 0 aromatic heterocycles. The van der Waals surface area contributed by atoms with Gasteiger partial charge in [0, 0.05) is 0 Å². The van der Waals surface area contributed by atoms with Crippen LogP contribution in [0.2, 0.25) is 10.0 Å². The molecule has 0 aliphatic carbocycles. The van der Waals surface area contributed by atoms with Crippen molar-refractivity contribution in [2.24, 2.45) is 0 Å². The van der Waals surface area contributed by atoms with Crippen LogP contribution in [0.4, 0.5) is 10.5 Å². The number of amides is 3. The fraction of sp³-hybridized carbons (Fsp3) is 0.217. The summed E-state index contributed by atoms with van der Waals surface area (Å²) >= 11 is 13.1. The summed E-state index contributed by atoms with van der Waals surface area (Å²) in [5, 5.41) is 2.23. The minimum absolute atomic E-state index is 0.0830. The van der Waals surface area contributed by atoms with E-state index in [1.54, 1.807) is 31.2 Å². The lowest BCUT2D eigenvalue weighted by Gasteiger charge is -2.14. The van der Waals surface area contributed by atoms with Gasteiger partial charge in [-0.05, 0) is 54.6 Å². The van der Waals surface area contributed by atoms with E-state index >= 15 is 0 Å². The van der Waals surface area contributed by atoms with E-state index in [4.69, 9.17) is 37.4 Å². The largest absolute Gasteiger partial charge is 0.495 e. The van der Waals surface area contributed by atoms with Gasteiger partial charge in [-0.25, -0.2) is 4.79 Å². The third kappa shape index (κ3) is 6.68. The van der Waals surface area contributed by atoms with E-state index in [-0.39, 0.29) is 33.9 Å². The van der Waals surface area contributed by atoms with Crippen LogP contribution in [0.3, 0.4) is 0 Å². The Hall–Kier alpha value is -3.21. The highest BCUT2D eigenvalue weighted by Crippen LogP contribution is 2.37. The van der Waals surface area contributed by atoms with E-state index in [2.05, 4.69) is 5.32 Å². The standard InChI is InChI=1S/C23H20Cl2N2O7S/c1-3-33-20(29)12-34-21-14(24)8-13(9-15(21)25)10-18-22(30)27(23(31)35-18)11-19(28)26-16-6-4-5-7-17(16)32-2/h4-10H,3,11-12H2,1-2H3,(H,26,28)/b18-10-. The zero-order valence-corrected chi connectivity index (χ0v) is 21.0. The number of thioether (sulfide) groups is 1. The number of benzene rings is 2. The van der Waals surface area contributed by atoms with E-state index in [9.17, 15) is 19.2 Å². The summed E-state index contributed by atoms with van der Waals surface area (Å²) in [6.07, 6.45) is 1.43.